The van der Waals surface area contributed by atoms with Gasteiger partial charge in [0.15, 0.2) is 0 Å². The molecule has 0 saturated heterocycles. The van der Waals surface area contributed by atoms with Gasteiger partial charge in [0.2, 0.25) is 5.91 Å². The van der Waals surface area contributed by atoms with Crippen molar-refractivity contribution >= 4 is 18.0 Å². The average Bonchev–Trinajstić information content (AvgIpc) is 3.50. The number of nitrogens with zero attached hydrogens (tertiary/aromatic N) is 1. The van der Waals surface area contributed by atoms with Crippen LogP contribution in [-0.2, 0) is 14.3 Å². The molecule has 0 unspecified atom stereocenters. The van der Waals surface area contributed by atoms with Crippen LogP contribution in [0.1, 0.15) is 23.5 Å². The summed E-state index contributed by atoms with van der Waals surface area (Å²) in [6.07, 6.45) is 1.61. The minimum atomic E-state index is -1.06. The second-order valence-corrected chi connectivity index (χ2v) is 8.21. The van der Waals surface area contributed by atoms with E-state index in [1.54, 1.807) is 0 Å². The molecule has 0 bridgehead atoms. The van der Waals surface area contributed by atoms with Crippen molar-refractivity contribution in [3.05, 3.63) is 72.3 Å². The van der Waals surface area contributed by atoms with E-state index in [0.29, 0.717) is 13.0 Å². The normalized spacial score (nSPS) is 18.2. The Kier molecular flexibility index (Phi) is 6.25. The van der Waals surface area contributed by atoms with E-state index in [4.69, 9.17) is 9.84 Å². The van der Waals surface area contributed by atoms with Crippen molar-refractivity contribution in [2.45, 2.75) is 12.3 Å². The Morgan fingerprint density at radius 1 is 1.09 bits per heavy atom. The topological polar surface area (TPSA) is 95.9 Å². The first-order chi connectivity index (χ1) is 15.5. The molecule has 0 heterocycles. The lowest BCUT2D eigenvalue weighted by atomic mass is 9.98. The van der Waals surface area contributed by atoms with E-state index in [1.165, 1.54) is 22.1 Å². The van der Waals surface area contributed by atoms with Gasteiger partial charge in [-0.25, -0.2) is 4.79 Å². The number of carbonyl (C=O) groups is 3. The van der Waals surface area contributed by atoms with Crippen LogP contribution < -0.4 is 5.32 Å². The second kappa shape index (κ2) is 9.26. The quantitative estimate of drug-likeness (QED) is 0.591. The van der Waals surface area contributed by atoms with Crippen LogP contribution in [0, 0.1) is 11.8 Å². The zero-order chi connectivity index (χ0) is 22.7. The number of nitrogens with one attached hydrogen (secondary N) is 1. The number of alkyl carbamates (subject to hydrolysis) is 1. The van der Waals surface area contributed by atoms with E-state index in [-0.39, 0.29) is 43.4 Å². The summed E-state index contributed by atoms with van der Waals surface area (Å²) in [6, 6.07) is 16.3. The highest BCUT2D eigenvalue weighted by molar-refractivity contribution is 5.85. The number of hydrogen-bond donors (Lipinski definition) is 2. The fraction of sp³-hybridized carbons (Fsp3) is 0.320. The summed E-state index contributed by atoms with van der Waals surface area (Å²) in [5, 5.41) is 11.7. The maximum atomic E-state index is 12.5. The second-order valence-electron chi connectivity index (χ2n) is 8.21. The number of ether oxygens (including phenoxy) is 1. The van der Waals surface area contributed by atoms with Crippen molar-refractivity contribution in [1.29, 1.82) is 0 Å². The molecule has 2 amide bonds. The minimum Gasteiger partial charge on any atom is -0.480 e. The van der Waals surface area contributed by atoms with Gasteiger partial charge >= 0.3 is 12.1 Å². The first-order valence-electron chi connectivity index (χ1n) is 10.7. The molecule has 1 saturated carbocycles. The van der Waals surface area contributed by atoms with Gasteiger partial charge in [0.05, 0.1) is 0 Å². The molecular weight excluding hydrogens is 408 g/mol. The van der Waals surface area contributed by atoms with Crippen LogP contribution in [0.3, 0.4) is 0 Å². The lowest BCUT2D eigenvalue weighted by Crippen LogP contribution is -2.37. The van der Waals surface area contributed by atoms with Crippen LogP contribution in [0.25, 0.3) is 11.1 Å². The van der Waals surface area contributed by atoms with Crippen molar-refractivity contribution in [3.8, 4) is 11.1 Å². The predicted molar refractivity (Wildman–Crippen MR) is 119 cm³/mol. The molecule has 1 fully saturated rings. The number of carboxylic acids is 1. The third-order valence-electron chi connectivity index (χ3n) is 6.08. The third kappa shape index (κ3) is 4.51. The van der Waals surface area contributed by atoms with E-state index >= 15 is 0 Å². The number of benzene rings is 2. The lowest BCUT2D eigenvalue weighted by Gasteiger charge is -2.19. The number of aliphatic carboxylic acids is 1. The molecule has 7 nitrogen and oxygen atoms in total. The summed E-state index contributed by atoms with van der Waals surface area (Å²) in [5.74, 6) is -1.57. The first-order valence-corrected chi connectivity index (χ1v) is 10.7. The van der Waals surface area contributed by atoms with E-state index in [0.717, 1.165) is 11.1 Å². The first kappa shape index (κ1) is 21.6. The van der Waals surface area contributed by atoms with E-state index in [1.807, 2.05) is 24.3 Å². The summed E-state index contributed by atoms with van der Waals surface area (Å²) in [7, 11) is 0. The summed E-state index contributed by atoms with van der Waals surface area (Å²) >= 11 is 0. The van der Waals surface area contributed by atoms with Crippen LogP contribution in [-0.4, -0.2) is 54.2 Å². The van der Waals surface area contributed by atoms with Crippen molar-refractivity contribution in [3.63, 3.8) is 0 Å². The molecule has 2 N–H and O–H groups in total. The molecule has 7 heteroatoms. The number of carbonyl (C=O) groups excluding carboxylic acids is 2. The molecule has 2 aromatic rings. The zero-order valence-corrected chi connectivity index (χ0v) is 17.7. The Morgan fingerprint density at radius 3 is 2.31 bits per heavy atom. The summed E-state index contributed by atoms with van der Waals surface area (Å²) < 4.78 is 5.52. The largest absolute Gasteiger partial charge is 0.480 e. The molecular formula is C25H26N2O5. The Balaban J connectivity index is 1.28. The van der Waals surface area contributed by atoms with Crippen LogP contribution in [0.5, 0.6) is 0 Å². The number of rotatable bonds is 9. The van der Waals surface area contributed by atoms with Gasteiger partial charge in [-0.15, -0.1) is 6.58 Å². The Morgan fingerprint density at radius 2 is 1.72 bits per heavy atom. The smallest absolute Gasteiger partial charge is 0.407 e. The molecule has 2 aliphatic carbocycles. The Bertz CT molecular complexity index is 1000. The maximum Gasteiger partial charge on any atom is 0.407 e. The average molecular weight is 434 g/mol. The highest BCUT2D eigenvalue weighted by atomic mass is 16.5. The summed E-state index contributed by atoms with van der Waals surface area (Å²) in [4.78, 5) is 37.0. The van der Waals surface area contributed by atoms with Crippen molar-refractivity contribution in [2.75, 3.05) is 26.2 Å². The molecule has 0 spiro atoms. The highest BCUT2D eigenvalue weighted by Crippen LogP contribution is 2.44. The lowest BCUT2D eigenvalue weighted by molar-refractivity contribution is -0.144. The Labute approximate surface area is 186 Å². The van der Waals surface area contributed by atoms with Gasteiger partial charge in [-0.3, -0.25) is 9.59 Å². The Hall–Kier alpha value is -3.61. The standard InChI is InChI=1S/C25H26N2O5/c1-2-11-27(14-23(28)29)24(30)21-12-16(21)13-26-25(31)32-15-22-19-9-5-3-7-17(19)18-8-4-6-10-20(18)22/h2-10,16,21-22H,1,11-15H2,(H,26,31)(H,28,29)/t16-,21-/m1/s1. The molecule has 2 atom stereocenters. The number of carboxylic acid groups (broad SMARTS) is 1. The van der Waals surface area contributed by atoms with Crippen LogP contribution >= 0.6 is 0 Å². The SMILES string of the molecule is C=CCN(CC(=O)O)C(=O)[C@@H]1C[C@@H]1CNC(=O)OCC1c2ccccc2-c2ccccc21. The summed E-state index contributed by atoms with van der Waals surface area (Å²) in [5.41, 5.74) is 4.63. The van der Waals surface area contributed by atoms with E-state index in [9.17, 15) is 14.4 Å². The fourth-order valence-corrected chi connectivity index (χ4v) is 4.43. The fourth-order valence-electron chi connectivity index (χ4n) is 4.43. The number of fused-ring (bicyclic) bond motifs is 3. The molecule has 0 aliphatic heterocycles. The molecule has 2 aliphatic rings. The van der Waals surface area contributed by atoms with Gasteiger partial charge in [-0.05, 0) is 34.6 Å². The molecule has 166 valence electrons. The van der Waals surface area contributed by atoms with Crippen LogP contribution in [0.2, 0.25) is 0 Å². The number of amides is 2. The third-order valence-corrected chi connectivity index (χ3v) is 6.08. The zero-order valence-electron chi connectivity index (χ0n) is 17.7. The van der Waals surface area contributed by atoms with Gasteiger partial charge in [-0.2, -0.15) is 0 Å². The van der Waals surface area contributed by atoms with Crippen LogP contribution in [0.15, 0.2) is 61.2 Å². The predicted octanol–water partition coefficient (Wildman–Crippen LogP) is 3.26. The maximum absolute atomic E-state index is 12.5. The van der Waals surface area contributed by atoms with E-state index < -0.39 is 12.1 Å². The van der Waals surface area contributed by atoms with Gasteiger partial charge in [0, 0.05) is 24.9 Å². The van der Waals surface area contributed by atoms with Crippen molar-refractivity contribution in [2.24, 2.45) is 11.8 Å². The molecule has 32 heavy (non-hydrogen) atoms. The summed E-state index contributed by atoms with van der Waals surface area (Å²) in [6.45, 7) is 3.96. The highest BCUT2D eigenvalue weighted by Gasteiger charge is 2.45. The van der Waals surface area contributed by atoms with Crippen LogP contribution in [0.4, 0.5) is 4.79 Å². The monoisotopic (exact) mass is 434 g/mol. The van der Waals surface area contributed by atoms with Gasteiger partial charge in [0.25, 0.3) is 0 Å². The minimum absolute atomic E-state index is 0.00752. The van der Waals surface area contributed by atoms with Gasteiger partial charge < -0.3 is 20.1 Å². The molecule has 0 radical (unpaired) electrons. The van der Waals surface area contributed by atoms with Crippen molar-refractivity contribution in [1.82, 2.24) is 10.2 Å². The van der Waals surface area contributed by atoms with Crippen molar-refractivity contribution < 1.29 is 24.2 Å². The molecule has 4 rings (SSSR count). The molecule has 0 aromatic heterocycles. The van der Waals surface area contributed by atoms with Gasteiger partial charge in [-0.1, -0.05) is 54.6 Å². The van der Waals surface area contributed by atoms with Gasteiger partial charge in [0.1, 0.15) is 13.2 Å². The molecule has 2 aromatic carbocycles. The van der Waals surface area contributed by atoms with E-state index in [2.05, 4.69) is 36.2 Å². The number of hydrogen-bond acceptors (Lipinski definition) is 4.